The third-order valence-electron chi connectivity index (χ3n) is 6.70. The normalized spacial score (nSPS) is 22.7. The minimum Gasteiger partial charge on any atom is -0.550 e. The number of aliphatic carboxylic acids is 2. The maximum absolute atomic E-state index is 11.3. The van der Waals surface area contributed by atoms with Crippen molar-refractivity contribution in [1.29, 1.82) is 0 Å². The Morgan fingerprint density at radius 3 is 2.05 bits per heavy atom. The van der Waals surface area contributed by atoms with Gasteiger partial charge in [0.1, 0.15) is 0 Å². The second-order valence-electron chi connectivity index (χ2n) is 8.95. The van der Waals surface area contributed by atoms with E-state index in [1.807, 2.05) is 18.2 Å². The van der Waals surface area contributed by atoms with Crippen molar-refractivity contribution in [2.45, 2.75) is 79.2 Å². The van der Waals surface area contributed by atoms with Crippen LogP contribution < -0.4 is 74.6 Å². The molecule has 1 aliphatic rings. The molecule has 1 aromatic heterocycles. The molecule has 1 aromatic carbocycles. The summed E-state index contributed by atoms with van der Waals surface area (Å²) in [5.41, 5.74) is 1.33. The number of carbonyl (C=O) groups excluding carboxylic acids is 3. The predicted octanol–water partition coefficient (Wildman–Crippen LogP) is -3.68. The van der Waals surface area contributed by atoms with E-state index in [0.717, 1.165) is 17.3 Å². The summed E-state index contributed by atoms with van der Waals surface area (Å²) in [6.07, 6.45) is 3.37. The SMILES string of the molecule is CCC(=O)NC(C(=O)[O-])c1c[nH]c2ccccc12.CCC(=O)[O-].CCC1OC(OC)C(C)C(C)C1C.[Na+].[Na+]. The van der Waals surface area contributed by atoms with Gasteiger partial charge in [0.15, 0.2) is 6.29 Å². The van der Waals surface area contributed by atoms with Gasteiger partial charge in [0.2, 0.25) is 5.91 Å². The van der Waals surface area contributed by atoms with Crippen LogP contribution in [0.2, 0.25) is 0 Å². The van der Waals surface area contributed by atoms with Crippen molar-refractivity contribution in [3.05, 3.63) is 36.0 Å². The molecule has 2 N–H and O–H groups in total. The zero-order valence-corrected chi connectivity index (χ0v) is 28.3. The first-order chi connectivity index (χ1) is 17.0. The number of hydrogen-bond donors (Lipinski definition) is 2. The van der Waals surface area contributed by atoms with Crippen LogP contribution in [0.25, 0.3) is 10.9 Å². The minimum atomic E-state index is -1.32. The van der Waals surface area contributed by atoms with Gasteiger partial charge < -0.3 is 39.6 Å². The topological polar surface area (TPSA) is 144 Å². The van der Waals surface area contributed by atoms with Crippen molar-refractivity contribution in [3.63, 3.8) is 0 Å². The summed E-state index contributed by atoms with van der Waals surface area (Å²) < 4.78 is 11.2. The first-order valence-electron chi connectivity index (χ1n) is 12.5. The van der Waals surface area contributed by atoms with Crippen LogP contribution in [0.3, 0.4) is 0 Å². The van der Waals surface area contributed by atoms with Crippen molar-refractivity contribution in [3.8, 4) is 0 Å². The minimum absolute atomic E-state index is 0. The van der Waals surface area contributed by atoms with Crippen molar-refractivity contribution >= 4 is 28.7 Å². The molecule has 6 unspecified atom stereocenters. The van der Waals surface area contributed by atoms with Crippen LogP contribution in [0.4, 0.5) is 0 Å². The fraction of sp³-hybridized carbons (Fsp3) is 0.593. The molecular formula is C27H40N2Na2O7. The molecule has 0 spiro atoms. The van der Waals surface area contributed by atoms with Crippen LogP contribution in [-0.4, -0.2) is 42.3 Å². The van der Waals surface area contributed by atoms with Crippen molar-refractivity contribution in [2.75, 3.05) is 7.11 Å². The molecule has 0 aliphatic carbocycles. The Morgan fingerprint density at radius 2 is 1.58 bits per heavy atom. The van der Waals surface area contributed by atoms with E-state index in [1.54, 1.807) is 26.3 Å². The standard InChI is InChI=1S/C13H14N2O3.C11H22O2.C3H6O2.2Na/c1-2-11(16)15-12(13(17)18)9-7-14-10-6-4-3-5-8(9)10;1-6-10-8(3)7(2)9(4)11(12-5)13-10;1-2-3(4)5;;/h3-7,12,14H,2H2,1H3,(H,15,16)(H,17,18);7-11H,6H2,1-5H3;2H2,1H3,(H,4,5);;/q;;;2*+1/p-2. The van der Waals surface area contributed by atoms with Crippen molar-refractivity contribution < 1.29 is 93.2 Å². The molecule has 3 rings (SSSR count). The van der Waals surface area contributed by atoms with Gasteiger partial charge in [-0.3, -0.25) is 4.79 Å². The maximum atomic E-state index is 11.3. The number of rotatable bonds is 7. The summed E-state index contributed by atoms with van der Waals surface area (Å²) in [7, 11) is 1.73. The predicted molar refractivity (Wildman–Crippen MR) is 133 cm³/mol. The summed E-state index contributed by atoms with van der Waals surface area (Å²) in [4.78, 5) is 34.7. The van der Waals surface area contributed by atoms with Gasteiger partial charge in [-0.15, -0.1) is 0 Å². The van der Waals surface area contributed by atoms with Gasteiger partial charge in [-0.25, -0.2) is 0 Å². The number of amides is 1. The number of H-pyrrole nitrogens is 1. The molecule has 9 nitrogen and oxygen atoms in total. The van der Waals surface area contributed by atoms with Crippen LogP contribution in [0, 0.1) is 17.8 Å². The second kappa shape index (κ2) is 20.0. The summed E-state index contributed by atoms with van der Waals surface area (Å²) in [5.74, 6) is -0.807. The number of para-hydroxylation sites is 1. The number of benzene rings is 1. The van der Waals surface area contributed by atoms with Crippen LogP contribution in [0.1, 0.15) is 72.4 Å². The number of carbonyl (C=O) groups is 3. The van der Waals surface area contributed by atoms with Crippen LogP contribution in [0.5, 0.6) is 0 Å². The van der Waals surface area contributed by atoms with E-state index in [0.29, 0.717) is 29.4 Å². The first-order valence-corrected chi connectivity index (χ1v) is 12.5. The van der Waals surface area contributed by atoms with Gasteiger partial charge in [-0.2, -0.15) is 0 Å². The molecule has 202 valence electrons. The summed E-state index contributed by atoms with van der Waals surface area (Å²) in [6.45, 7) is 12.2. The Hall–Kier alpha value is -0.910. The van der Waals surface area contributed by atoms with E-state index in [2.05, 4.69) is 38.0 Å². The number of aromatic nitrogens is 1. The van der Waals surface area contributed by atoms with Gasteiger partial charge >= 0.3 is 59.1 Å². The third kappa shape index (κ3) is 11.7. The molecule has 1 fully saturated rings. The number of carboxylic acid groups (broad SMARTS) is 2. The van der Waals surface area contributed by atoms with E-state index in [1.165, 1.54) is 6.92 Å². The fourth-order valence-electron chi connectivity index (χ4n) is 4.08. The molecule has 2 heterocycles. The van der Waals surface area contributed by atoms with Gasteiger partial charge in [0.25, 0.3) is 0 Å². The molecule has 0 bridgehead atoms. The van der Waals surface area contributed by atoms with Crippen LogP contribution >= 0.6 is 0 Å². The Bertz CT molecular complexity index is 965. The number of hydrogen-bond acceptors (Lipinski definition) is 7. The molecule has 1 saturated heterocycles. The molecule has 0 saturated carbocycles. The van der Waals surface area contributed by atoms with Crippen molar-refractivity contribution in [1.82, 2.24) is 10.3 Å². The van der Waals surface area contributed by atoms with Crippen molar-refractivity contribution in [2.24, 2.45) is 17.8 Å². The van der Waals surface area contributed by atoms with E-state index in [9.17, 15) is 24.6 Å². The van der Waals surface area contributed by atoms with Gasteiger partial charge in [-0.1, -0.05) is 59.7 Å². The molecule has 11 heteroatoms. The molecule has 1 aliphatic heterocycles. The fourth-order valence-corrected chi connectivity index (χ4v) is 4.08. The Labute approximate surface area is 270 Å². The van der Waals surface area contributed by atoms with Crippen LogP contribution in [0.15, 0.2) is 30.5 Å². The van der Waals surface area contributed by atoms with Crippen LogP contribution in [-0.2, 0) is 23.9 Å². The monoisotopic (exact) mass is 550 g/mol. The summed E-state index contributed by atoms with van der Waals surface area (Å²) in [6, 6.07) is 6.17. The average molecular weight is 551 g/mol. The molecule has 0 radical (unpaired) electrons. The smallest absolute Gasteiger partial charge is 0.550 e. The number of ether oxygens (including phenoxy) is 2. The largest absolute Gasteiger partial charge is 1.00 e. The summed E-state index contributed by atoms with van der Waals surface area (Å²) >= 11 is 0. The number of methoxy groups -OCH3 is 1. The van der Waals surface area contributed by atoms with Gasteiger partial charge in [0.05, 0.1) is 18.1 Å². The Morgan fingerprint density at radius 1 is 1.00 bits per heavy atom. The Balaban J connectivity index is 0. The number of fused-ring (bicyclic) bond motifs is 1. The molecule has 1 amide bonds. The van der Waals surface area contributed by atoms with E-state index in [4.69, 9.17) is 9.47 Å². The van der Waals surface area contributed by atoms with E-state index in [-0.39, 0.29) is 84.2 Å². The van der Waals surface area contributed by atoms with E-state index >= 15 is 0 Å². The molecular weight excluding hydrogens is 510 g/mol. The number of nitrogens with one attached hydrogen (secondary N) is 2. The van der Waals surface area contributed by atoms with E-state index < -0.39 is 18.0 Å². The number of aromatic amines is 1. The number of carboxylic acids is 2. The molecule has 2 aromatic rings. The Kier molecular flexibility index (Phi) is 20.7. The average Bonchev–Trinajstić information content (AvgIpc) is 3.30. The zero-order chi connectivity index (χ0) is 27.4. The second-order valence-corrected chi connectivity index (χ2v) is 8.95. The van der Waals surface area contributed by atoms with Gasteiger partial charge in [-0.05, 0) is 30.7 Å². The quantitative estimate of drug-likeness (QED) is 0.338. The zero-order valence-electron chi connectivity index (χ0n) is 24.3. The molecule has 38 heavy (non-hydrogen) atoms. The van der Waals surface area contributed by atoms with Gasteiger partial charge in [0, 0.05) is 48.1 Å². The molecule has 6 atom stereocenters. The third-order valence-corrected chi connectivity index (χ3v) is 6.70. The maximum Gasteiger partial charge on any atom is 1.00 e. The first kappa shape index (κ1) is 39.2. The summed E-state index contributed by atoms with van der Waals surface area (Å²) in [5, 5.41) is 23.6.